The fraction of sp³-hybridized carbons (Fsp3) is 0.467. The number of benzene rings is 1. The highest BCUT2D eigenvalue weighted by atomic mass is 32.2. The molecule has 1 unspecified atom stereocenters. The van der Waals surface area contributed by atoms with Gasteiger partial charge in [-0.1, -0.05) is 18.2 Å². The van der Waals surface area contributed by atoms with Crippen LogP contribution < -0.4 is 0 Å². The Morgan fingerprint density at radius 3 is 2.47 bits per heavy atom. The summed E-state index contributed by atoms with van der Waals surface area (Å²) >= 11 is 1.45. The van der Waals surface area contributed by atoms with Gasteiger partial charge in [0.25, 0.3) is 0 Å². The normalized spacial score (nSPS) is 12.0. The highest BCUT2D eigenvalue weighted by Gasteiger charge is 2.22. The van der Waals surface area contributed by atoms with E-state index in [4.69, 9.17) is 4.74 Å². The van der Waals surface area contributed by atoms with Crippen molar-refractivity contribution < 1.29 is 14.3 Å². The summed E-state index contributed by atoms with van der Waals surface area (Å²) in [5.41, 5.74) is 3.28. The molecule has 0 aliphatic carbocycles. The van der Waals surface area contributed by atoms with Crippen molar-refractivity contribution in [1.29, 1.82) is 0 Å². The van der Waals surface area contributed by atoms with E-state index in [2.05, 4.69) is 0 Å². The monoisotopic (exact) mass is 280 g/mol. The van der Waals surface area contributed by atoms with E-state index in [1.54, 1.807) is 6.92 Å². The van der Waals surface area contributed by atoms with Crippen LogP contribution in [-0.4, -0.2) is 24.6 Å². The van der Waals surface area contributed by atoms with Crippen LogP contribution in [0, 0.1) is 13.8 Å². The van der Waals surface area contributed by atoms with Gasteiger partial charge in [0.2, 0.25) is 0 Å². The Morgan fingerprint density at radius 1 is 1.26 bits per heavy atom. The Hall–Kier alpha value is -1.29. The van der Waals surface area contributed by atoms with Crippen LogP contribution in [0.15, 0.2) is 18.2 Å². The fourth-order valence-corrected chi connectivity index (χ4v) is 2.87. The van der Waals surface area contributed by atoms with Gasteiger partial charge in [-0.2, -0.15) is 0 Å². The third-order valence-electron chi connectivity index (χ3n) is 2.99. The van der Waals surface area contributed by atoms with E-state index >= 15 is 0 Å². The first-order chi connectivity index (χ1) is 8.95. The van der Waals surface area contributed by atoms with Crippen LogP contribution >= 0.6 is 11.8 Å². The summed E-state index contributed by atoms with van der Waals surface area (Å²) in [6, 6.07) is 5.97. The zero-order valence-corrected chi connectivity index (χ0v) is 12.7. The Kier molecular flexibility index (Phi) is 6.09. The van der Waals surface area contributed by atoms with Crippen molar-refractivity contribution >= 4 is 23.5 Å². The highest BCUT2D eigenvalue weighted by molar-refractivity contribution is 8.00. The molecule has 0 aromatic heterocycles. The third-order valence-corrected chi connectivity index (χ3v) is 4.23. The molecule has 0 spiro atoms. The van der Waals surface area contributed by atoms with Gasteiger partial charge in [0.15, 0.2) is 0 Å². The minimum atomic E-state index is -0.358. The van der Waals surface area contributed by atoms with Gasteiger partial charge in [-0.15, -0.1) is 11.8 Å². The lowest BCUT2D eigenvalue weighted by Gasteiger charge is -2.15. The van der Waals surface area contributed by atoms with Crippen molar-refractivity contribution in [3.63, 3.8) is 0 Å². The van der Waals surface area contributed by atoms with Gasteiger partial charge in [-0.05, 0) is 37.5 Å². The molecule has 0 bridgehead atoms. The van der Waals surface area contributed by atoms with Crippen molar-refractivity contribution in [3.8, 4) is 0 Å². The molecule has 0 fully saturated rings. The standard InChI is InChI=1S/C15H20O3S/c1-10-5-6-13(9-11(10)2)14(15(17)18-4)19-8-7-12(3)16/h5-6,9,14H,7-8H2,1-4H3. The molecule has 0 aliphatic rings. The maximum Gasteiger partial charge on any atom is 0.323 e. The number of aryl methyl sites for hydroxylation is 2. The smallest absolute Gasteiger partial charge is 0.323 e. The summed E-state index contributed by atoms with van der Waals surface area (Å²) in [7, 11) is 1.39. The molecule has 3 nitrogen and oxygen atoms in total. The quantitative estimate of drug-likeness (QED) is 0.750. The van der Waals surface area contributed by atoms with E-state index in [0.717, 1.165) is 11.1 Å². The number of esters is 1. The summed E-state index contributed by atoms with van der Waals surface area (Å²) in [6.45, 7) is 5.62. The second-order valence-electron chi connectivity index (χ2n) is 4.57. The Bertz CT molecular complexity index is 468. The number of ketones is 1. The van der Waals surface area contributed by atoms with Crippen molar-refractivity contribution in [2.45, 2.75) is 32.4 Å². The number of hydrogen-bond acceptors (Lipinski definition) is 4. The van der Waals surface area contributed by atoms with Crippen LogP contribution in [0.2, 0.25) is 0 Å². The Morgan fingerprint density at radius 2 is 1.95 bits per heavy atom. The van der Waals surface area contributed by atoms with E-state index in [9.17, 15) is 9.59 Å². The molecule has 0 saturated carbocycles. The minimum absolute atomic E-state index is 0.135. The maximum absolute atomic E-state index is 11.9. The molecule has 1 aromatic rings. The first kappa shape index (κ1) is 15.8. The second-order valence-corrected chi connectivity index (χ2v) is 5.78. The minimum Gasteiger partial charge on any atom is -0.468 e. The predicted molar refractivity (Wildman–Crippen MR) is 78.4 cm³/mol. The van der Waals surface area contributed by atoms with Gasteiger partial charge in [0, 0.05) is 12.2 Å². The molecule has 4 heteroatoms. The van der Waals surface area contributed by atoms with Gasteiger partial charge in [0.1, 0.15) is 11.0 Å². The molecule has 0 amide bonds. The van der Waals surface area contributed by atoms with Crippen molar-refractivity contribution in [2.24, 2.45) is 0 Å². The zero-order valence-electron chi connectivity index (χ0n) is 11.9. The number of ether oxygens (including phenoxy) is 1. The van der Waals surface area contributed by atoms with Crippen molar-refractivity contribution in [2.75, 3.05) is 12.9 Å². The topological polar surface area (TPSA) is 43.4 Å². The molecular formula is C15H20O3S. The number of rotatable bonds is 6. The molecule has 1 rings (SSSR count). The molecule has 104 valence electrons. The lowest BCUT2D eigenvalue weighted by molar-refractivity contribution is -0.140. The molecule has 0 N–H and O–H groups in total. The second kappa shape index (κ2) is 7.34. The maximum atomic E-state index is 11.9. The van der Waals surface area contributed by atoms with Crippen molar-refractivity contribution in [3.05, 3.63) is 34.9 Å². The average molecular weight is 280 g/mol. The largest absolute Gasteiger partial charge is 0.468 e. The fourth-order valence-electron chi connectivity index (χ4n) is 1.66. The van der Waals surface area contributed by atoms with Crippen LogP contribution in [0.3, 0.4) is 0 Å². The molecule has 0 aliphatic heterocycles. The van der Waals surface area contributed by atoms with Crippen LogP contribution in [0.4, 0.5) is 0 Å². The van der Waals surface area contributed by atoms with Gasteiger partial charge < -0.3 is 4.74 Å². The van der Waals surface area contributed by atoms with Gasteiger partial charge in [-0.25, -0.2) is 0 Å². The molecular weight excluding hydrogens is 260 g/mol. The number of hydrogen-bond donors (Lipinski definition) is 0. The summed E-state index contributed by atoms with van der Waals surface area (Å²) in [4.78, 5) is 22.8. The molecule has 0 saturated heterocycles. The van der Waals surface area contributed by atoms with Gasteiger partial charge >= 0.3 is 5.97 Å². The van der Waals surface area contributed by atoms with E-state index in [1.807, 2.05) is 32.0 Å². The van der Waals surface area contributed by atoms with E-state index < -0.39 is 0 Å². The lowest BCUT2D eigenvalue weighted by Crippen LogP contribution is -2.12. The predicted octanol–water partition coefficient (Wildman–Crippen LogP) is 3.23. The van der Waals surface area contributed by atoms with Crippen LogP contribution in [0.1, 0.15) is 35.3 Å². The van der Waals surface area contributed by atoms with E-state index in [-0.39, 0.29) is 17.0 Å². The van der Waals surface area contributed by atoms with Crippen LogP contribution in [0.5, 0.6) is 0 Å². The summed E-state index contributed by atoms with van der Waals surface area (Å²) in [5, 5.41) is -0.358. The highest BCUT2D eigenvalue weighted by Crippen LogP contribution is 2.31. The van der Waals surface area contributed by atoms with E-state index in [1.165, 1.54) is 24.4 Å². The Balaban J connectivity index is 2.86. The SMILES string of the molecule is COC(=O)C(SCCC(C)=O)c1ccc(C)c(C)c1. The first-order valence-electron chi connectivity index (χ1n) is 6.21. The van der Waals surface area contributed by atoms with Gasteiger partial charge in [-0.3, -0.25) is 9.59 Å². The zero-order chi connectivity index (χ0) is 14.4. The summed E-state index contributed by atoms with van der Waals surface area (Å²) in [6.07, 6.45) is 0.475. The average Bonchev–Trinajstić information content (AvgIpc) is 2.37. The van der Waals surface area contributed by atoms with Crippen LogP contribution in [0.25, 0.3) is 0 Å². The third kappa shape index (κ3) is 4.71. The molecule has 1 aromatic carbocycles. The number of carbonyl (C=O) groups excluding carboxylic acids is 2. The molecule has 0 radical (unpaired) electrons. The number of Topliss-reactive ketones (excluding diaryl/α,β-unsaturated/α-hetero) is 1. The molecule has 1 atom stereocenters. The first-order valence-corrected chi connectivity index (χ1v) is 7.26. The van der Waals surface area contributed by atoms with Crippen LogP contribution in [-0.2, 0) is 14.3 Å². The number of methoxy groups -OCH3 is 1. The van der Waals surface area contributed by atoms with E-state index in [0.29, 0.717) is 12.2 Å². The molecule has 0 heterocycles. The Labute approximate surface area is 118 Å². The molecule has 19 heavy (non-hydrogen) atoms. The lowest BCUT2D eigenvalue weighted by atomic mass is 10.0. The summed E-state index contributed by atoms with van der Waals surface area (Å²) in [5.74, 6) is 0.496. The van der Waals surface area contributed by atoms with Crippen molar-refractivity contribution in [1.82, 2.24) is 0 Å². The number of thioether (sulfide) groups is 1. The van der Waals surface area contributed by atoms with Gasteiger partial charge in [0.05, 0.1) is 7.11 Å². The summed E-state index contributed by atoms with van der Waals surface area (Å²) < 4.78 is 4.85. The number of carbonyl (C=O) groups is 2.